The number of halogens is 2. The summed E-state index contributed by atoms with van der Waals surface area (Å²) >= 11 is 0. The number of fused-ring (bicyclic) bond motifs is 1. The SMILES string of the molecule is Cc1ccc2c(F)cc(F)cc2c1C=O. The van der Waals surface area contributed by atoms with Gasteiger partial charge in [0.1, 0.15) is 11.6 Å². The fraction of sp³-hybridized carbons (Fsp3) is 0.0833. The molecule has 3 heteroatoms. The minimum atomic E-state index is -0.672. The first-order valence-electron chi connectivity index (χ1n) is 4.47. The molecule has 0 radical (unpaired) electrons. The Balaban J connectivity index is 2.97. The number of hydrogen-bond donors (Lipinski definition) is 0. The molecule has 2 aromatic carbocycles. The van der Waals surface area contributed by atoms with Gasteiger partial charge in [0.15, 0.2) is 6.29 Å². The molecule has 0 spiro atoms. The van der Waals surface area contributed by atoms with Crippen molar-refractivity contribution in [3.05, 3.63) is 47.0 Å². The number of aldehydes is 1. The molecule has 1 nitrogen and oxygen atoms in total. The van der Waals surface area contributed by atoms with Crippen molar-refractivity contribution in [1.82, 2.24) is 0 Å². The molecule has 0 aliphatic rings. The Labute approximate surface area is 85.3 Å². The van der Waals surface area contributed by atoms with Gasteiger partial charge in [-0.05, 0) is 23.9 Å². The van der Waals surface area contributed by atoms with E-state index in [1.807, 2.05) is 0 Å². The van der Waals surface area contributed by atoms with Crippen molar-refractivity contribution in [2.24, 2.45) is 0 Å². The third-order valence-electron chi connectivity index (χ3n) is 2.43. The molecule has 0 heterocycles. The van der Waals surface area contributed by atoms with Crippen LogP contribution >= 0.6 is 0 Å². The van der Waals surface area contributed by atoms with Crippen LogP contribution in [0, 0.1) is 18.6 Å². The van der Waals surface area contributed by atoms with Crippen molar-refractivity contribution >= 4 is 17.1 Å². The zero-order valence-electron chi connectivity index (χ0n) is 8.05. The third-order valence-corrected chi connectivity index (χ3v) is 2.43. The zero-order chi connectivity index (χ0) is 11.0. The predicted molar refractivity (Wildman–Crippen MR) is 54.0 cm³/mol. The molecule has 0 saturated carbocycles. The number of carbonyl (C=O) groups is 1. The Morgan fingerprint density at radius 3 is 2.53 bits per heavy atom. The van der Waals surface area contributed by atoms with E-state index >= 15 is 0 Å². The van der Waals surface area contributed by atoms with E-state index in [9.17, 15) is 13.6 Å². The van der Waals surface area contributed by atoms with Crippen molar-refractivity contribution in [3.63, 3.8) is 0 Å². The maximum atomic E-state index is 13.3. The number of rotatable bonds is 1. The van der Waals surface area contributed by atoms with Gasteiger partial charge >= 0.3 is 0 Å². The van der Waals surface area contributed by atoms with Crippen LogP contribution in [-0.4, -0.2) is 6.29 Å². The number of aryl methyl sites for hydroxylation is 1. The van der Waals surface area contributed by atoms with E-state index in [-0.39, 0.29) is 5.39 Å². The van der Waals surface area contributed by atoms with E-state index in [0.717, 1.165) is 6.07 Å². The Morgan fingerprint density at radius 1 is 1.13 bits per heavy atom. The van der Waals surface area contributed by atoms with Crippen molar-refractivity contribution in [2.45, 2.75) is 6.92 Å². The second kappa shape index (κ2) is 3.42. The van der Waals surface area contributed by atoms with Gasteiger partial charge in [0, 0.05) is 17.0 Å². The molecule has 0 N–H and O–H groups in total. The Kier molecular flexibility index (Phi) is 2.23. The first-order chi connectivity index (χ1) is 7.13. The molecule has 0 aliphatic carbocycles. The summed E-state index contributed by atoms with van der Waals surface area (Å²) in [5.41, 5.74) is 1.05. The van der Waals surface area contributed by atoms with Gasteiger partial charge in [-0.1, -0.05) is 12.1 Å². The summed E-state index contributed by atoms with van der Waals surface area (Å²) in [5.74, 6) is -1.32. The lowest BCUT2D eigenvalue weighted by Crippen LogP contribution is -1.92. The summed E-state index contributed by atoms with van der Waals surface area (Å²) in [5, 5.41) is 0.589. The van der Waals surface area contributed by atoms with Crippen molar-refractivity contribution < 1.29 is 13.6 Å². The van der Waals surface area contributed by atoms with Crippen LogP contribution in [0.5, 0.6) is 0 Å². The topological polar surface area (TPSA) is 17.1 Å². The number of benzene rings is 2. The standard InChI is InChI=1S/C12H8F2O/c1-7-2-3-9-10(11(7)6-15)4-8(13)5-12(9)14/h2-6H,1H3. The van der Waals surface area contributed by atoms with Crippen LogP contribution in [0.25, 0.3) is 10.8 Å². The fourth-order valence-corrected chi connectivity index (χ4v) is 1.64. The Hall–Kier alpha value is -1.77. The van der Waals surface area contributed by atoms with Crippen LogP contribution in [0.1, 0.15) is 15.9 Å². The first kappa shape index (κ1) is 9.77. The van der Waals surface area contributed by atoms with E-state index in [0.29, 0.717) is 22.8 Å². The van der Waals surface area contributed by atoms with E-state index < -0.39 is 11.6 Å². The lowest BCUT2D eigenvalue weighted by atomic mass is 10.0. The normalized spacial score (nSPS) is 10.6. The van der Waals surface area contributed by atoms with E-state index in [1.165, 1.54) is 6.07 Å². The van der Waals surface area contributed by atoms with E-state index in [1.54, 1.807) is 19.1 Å². The van der Waals surface area contributed by atoms with Crippen LogP contribution in [0.2, 0.25) is 0 Å². The largest absolute Gasteiger partial charge is 0.298 e. The second-order valence-corrected chi connectivity index (χ2v) is 3.40. The highest BCUT2D eigenvalue weighted by molar-refractivity contribution is 5.99. The van der Waals surface area contributed by atoms with Gasteiger partial charge in [-0.2, -0.15) is 0 Å². The molecule has 0 atom stereocenters. The van der Waals surface area contributed by atoms with Gasteiger partial charge in [-0.15, -0.1) is 0 Å². The summed E-state index contributed by atoms with van der Waals surface area (Å²) in [4.78, 5) is 10.8. The fourth-order valence-electron chi connectivity index (χ4n) is 1.64. The van der Waals surface area contributed by atoms with Gasteiger partial charge in [0.25, 0.3) is 0 Å². The molecule has 0 amide bonds. The summed E-state index contributed by atoms with van der Waals surface area (Å²) in [6.07, 6.45) is 0.622. The molecule has 0 fully saturated rings. The second-order valence-electron chi connectivity index (χ2n) is 3.40. The number of hydrogen-bond acceptors (Lipinski definition) is 1. The molecule has 0 aliphatic heterocycles. The predicted octanol–water partition coefficient (Wildman–Crippen LogP) is 3.24. The molecular weight excluding hydrogens is 198 g/mol. The van der Waals surface area contributed by atoms with Gasteiger partial charge < -0.3 is 0 Å². The van der Waals surface area contributed by atoms with E-state index in [4.69, 9.17) is 0 Å². The van der Waals surface area contributed by atoms with Crippen LogP contribution in [0.15, 0.2) is 24.3 Å². The maximum Gasteiger partial charge on any atom is 0.150 e. The molecule has 0 bridgehead atoms. The lowest BCUT2D eigenvalue weighted by molar-refractivity contribution is 0.112. The van der Waals surface area contributed by atoms with Gasteiger partial charge in [-0.3, -0.25) is 4.79 Å². The summed E-state index contributed by atoms with van der Waals surface area (Å²) in [7, 11) is 0. The third kappa shape index (κ3) is 1.50. The van der Waals surface area contributed by atoms with Crippen molar-refractivity contribution in [2.75, 3.05) is 0 Å². The molecule has 76 valence electrons. The maximum absolute atomic E-state index is 13.3. The van der Waals surface area contributed by atoms with Gasteiger partial charge in [0.2, 0.25) is 0 Å². The Bertz CT molecular complexity index is 547. The zero-order valence-corrected chi connectivity index (χ0v) is 8.05. The average Bonchev–Trinajstić information content (AvgIpc) is 2.17. The lowest BCUT2D eigenvalue weighted by Gasteiger charge is -2.05. The van der Waals surface area contributed by atoms with Crippen molar-refractivity contribution in [1.29, 1.82) is 0 Å². The van der Waals surface area contributed by atoms with Gasteiger partial charge in [-0.25, -0.2) is 8.78 Å². The van der Waals surface area contributed by atoms with Crippen molar-refractivity contribution in [3.8, 4) is 0 Å². The highest BCUT2D eigenvalue weighted by atomic mass is 19.1. The average molecular weight is 206 g/mol. The van der Waals surface area contributed by atoms with Crippen LogP contribution in [0.4, 0.5) is 8.78 Å². The highest BCUT2D eigenvalue weighted by Crippen LogP contribution is 2.24. The minimum Gasteiger partial charge on any atom is -0.298 e. The van der Waals surface area contributed by atoms with E-state index in [2.05, 4.69) is 0 Å². The molecule has 15 heavy (non-hydrogen) atoms. The molecule has 2 rings (SSSR count). The summed E-state index contributed by atoms with van der Waals surface area (Å²) in [6.45, 7) is 1.73. The quantitative estimate of drug-likeness (QED) is 0.654. The Morgan fingerprint density at radius 2 is 1.87 bits per heavy atom. The van der Waals surface area contributed by atoms with Crippen LogP contribution < -0.4 is 0 Å². The monoisotopic (exact) mass is 206 g/mol. The summed E-state index contributed by atoms with van der Waals surface area (Å²) < 4.78 is 26.3. The molecule has 0 unspecified atom stereocenters. The first-order valence-corrected chi connectivity index (χ1v) is 4.47. The smallest absolute Gasteiger partial charge is 0.150 e. The molecule has 0 saturated heterocycles. The van der Waals surface area contributed by atoms with Crippen LogP contribution in [-0.2, 0) is 0 Å². The number of carbonyl (C=O) groups excluding carboxylic acids is 1. The molecule has 2 aromatic rings. The highest BCUT2D eigenvalue weighted by Gasteiger charge is 2.09. The van der Waals surface area contributed by atoms with Crippen LogP contribution in [0.3, 0.4) is 0 Å². The molecular formula is C12H8F2O. The van der Waals surface area contributed by atoms with Gasteiger partial charge in [0.05, 0.1) is 0 Å². The summed E-state index contributed by atoms with van der Waals surface area (Å²) in [6, 6.07) is 5.18. The minimum absolute atomic E-state index is 0.268. The molecule has 0 aromatic heterocycles.